The maximum absolute atomic E-state index is 13.2. The Hall–Kier alpha value is -2.73. The average Bonchev–Trinajstić information content (AvgIpc) is 2.93. The van der Waals surface area contributed by atoms with Crippen LogP contribution in [-0.4, -0.2) is 63.3 Å². The molecule has 3 aliphatic rings. The second kappa shape index (κ2) is 14.0. The summed E-state index contributed by atoms with van der Waals surface area (Å²) in [6.45, 7) is 8.81. The highest BCUT2D eigenvalue weighted by atomic mass is 35.5. The summed E-state index contributed by atoms with van der Waals surface area (Å²) in [7, 11) is -0.254. The van der Waals surface area contributed by atoms with Crippen molar-refractivity contribution in [2.24, 2.45) is 0 Å². The molecule has 3 unspecified atom stereocenters. The van der Waals surface area contributed by atoms with Crippen molar-refractivity contribution in [1.82, 2.24) is 14.5 Å². The summed E-state index contributed by atoms with van der Waals surface area (Å²) < 4.78 is 8.58. The summed E-state index contributed by atoms with van der Waals surface area (Å²) in [4.78, 5) is 32.0. The lowest BCUT2D eigenvalue weighted by Crippen LogP contribution is -2.46. The van der Waals surface area contributed by atoms with Crippen LogP contribution in [0.5, 0.6) is 5.75 Å². The molecule has 9 heteroatoms. The monoisotopic (exact) mass is 598 g/mol. The van der Waals surface area contributed by atoms with Gasteiger partial charge >= 0.3 is 5.56 Å². The van der Waals surface area contributed by atoms with Gasteiger partial charge in [-0.1, -0.05) is 60.7 Å². The molecule has 1 saturated heterocycles. The van der Waals surface area contributed by atoms with Crippen LogP contribution in [0, 0.1) is 0 Å². The molecule has 7 nitrogen and oxygen atoms in total. The van der Waals surface area contributed by atoms with Crippen LogP contribution in [0.4, 0.5) is 0 Å². The molecule has 1 aliphatic carbocycles. The Kier molecular flexibility index (Phi) is 10.6. The van der Waals surface area contributed by atoms with Gasteiger partial charge in [-0.25, -0.2) is 0 Å². The van der Waals surface area contributed by atoms with Gasteiger partial charge in [0.15, 0.2) is 17.4 Å². The van der Waals surface area contributed by atoms with E-state index in [1.54, 1.807) is 22.6 Å². The molecule has 0 spiro atoms. The molecule has 41 heavy (non-hydrogen) atoms. The van der Waals surface area contributed by atoms with Crippen molar-refractivity contribution in [3.63, 3.8) is 0 Å². The van der Waals surface area contributed by atoms with Crippen LogP contribution in [-0.2, 0) is 17.4 Å². The zero-order valence-electron chi connectivity index (χ0n) is 24.4. The Balaban J connectivity index is 1.75. The Labute approximate surface area is 249 Å². The number of halogens is 1. The lowest BCUT2D eigenvalue weighted by molar-refractivity contribution is 0.0662. The molecule has 3 heterocycles. The molecule has 0 saturated carbocycles. The van der Waals surface area contributed by atoms with Gasteiger partial charge in [0.25, 0.3) is 5.91 Å². The lowest BCUT2D eigenvalue weighted by atomic mass is 10.1. The number of ether oxygens (including phenoxy) is 1. The third kappa shape index (κ3) is 7.38. The van der Waals surface area contributed by atoms with Gasteiger partial charge in [0.1, 0.15) is 6.16 Å². The number of hydrogen-bond donors (Lipinski definition) is 1. The molecule has 1 aromatic rings. The van der Waals surface area contributed by atoms with Crippen LogP contribution < -0.4 is 5.56 Å². The molecule has 220 valence electrons. The maximum Gasteiger partial charge on any atom is 0.316 e. The molecule has 1 aromatic heterocycles. The molecular formula is C32H42ClN3O4P+. The Morgan fingerprint density at radius 2 is 2.07 bits per heavy atom. The van der Waals surface area contributed by atoms with E-state index in [1.807, 2.05) is 19.1 Å². The van der Waals surface area contributed by atoms with Crippen molar-refractivity contribution >= 4 is 24.8 Å². The second-order valence-electron chi connectivity index (χ2n) is 11.3. The number of nitrogens with zero attached hydrogens (tertiary/aromatic N) is 3. The molecule has 2 aliphatic heterocycles. The Morgan fingerprint density at radius 1 is 1.27 bits per heavy atom. The smallest absolute Gasteiger partial charge is 0.316 e. The highest BCUT2D eigenvalue weighted by Crippen LogP contribution is 2.70. The normalized spacial score (nSPS) is 26.2. The minimum Gasteiger partial charge on any atom is -0.501 e. The molecular weight excluding hydrogens is 557 g/mol. The molecule has 0 aromatic carbocycles. The number of allylic oxidation sites excluding steroid dienone is 9. The van der Waals surface area contributed by atoms with Crippen molar-refractivity contribution in [1.29, 1.82) is 0 Å². The van der Waals surface area contributed by atoms with Crippen LogP contribution in [0.1, 0.15) is 62.3 Å². The predicted molar refractivity (Wildman–Crippen MR) is 169 cm³/mol. The summed E-state index contributed by atoms with van der Waals surface area (Å²) >= 11 is 6.21. The first-order chi connectivity index (χ1) is 19.6. The summed E-state index contributed by atoms with van der Waals surface area (Å²) in [5.41, 5.74) is 1.64. The molecule has 1 N–H and O–H groups in total. The number of carbonyl (C=O) groups is 1. The van der Waals surface area contributed by atoms with Crippen molar-refractivity contribution in [3.8, 4) is 5.75 Å². The number of amides is 1. The number of likely N-dealkylation sites (N-methyl/N-ethyl adjacent to an activating group) is 1. The van der Waals surface area contributed by atoms with Crippen LogP contribution in [0.25, 0.3) is 0 Å². The number of carbonyl (C=O) groups excluding carboxylic acids is 1. The van der Waals surface area contributed by atoms with Crippen LogP contribution >= 0.6 is 18.9 Å². The summed E-state index contributed by atoms with van der Waals surface area (Å²) in [6.07, 6.45) is 23.7. The largest absolute Gasteiger partial charge is 0.501 e. The van der Waals surface area contributed by atoms with E-state index in [0.717, 1.165) is 44.4 Å². The standard InChI is InChI=1S/C32H41ClN3O4P/c1-5-26(33)17-16-23(2)21-41(18-12-11-15-28(41)40-20-25-13-9-7-6-8-10-14-25)22-27-34-31(38)30(37)29-32(39)35(4)24(3)19-36(27)29/h5-7,9,13-14,16-17,24,28H,1,8,10-12,15,18-22H2,2-4H3/p+1/b7-6+,13-9?,23-16+,25-14?,26-17+. The fourth-order valence-electron chi connectivity index (χ4n) is 5.91. The maximum atomic E-state index is 13.2. The Morgan fingerprint density at radius 3 is 2.85 bits per heavy atom. The van der Waals surface area contributed by atoms with Crippen LogP contribution in [0.15, 0.2) is 76.2 Å². The third-order valence-corrected chi connectivity index (χ3v) is 13.4. The molecule has 0 radical (unpaired) electrons. The first-order valence-corrected chi connectivity index (χ1v) is 17.2. The third-order valence-electron chi connectivity index (χ3n) is 8.27. The second-order valence-corrected chi connectivity index (χ2v) is 15.9. The SMILES string of the molecule is C=C/C(Cl)=C\C=C(/C)C[P+]1(Cc2nc(=O)c(O)c3n2CC(C)N(C)C3=O)CCCCC1OCC1=CCC/C=C/C=C1. The van der Waals surface area contributed by atoms with E-state index in [1.165, 1.54) is 11.1 Å². The van der Waals surface area contributed by atoms with Crippen molar-refractivity contribution in [2.75, 3.05) is 26.0 Å². The van der Waals surface area contributed by atoms with E-state index in [9.17, 15) is 14.7 Å². The number of aromatic nitrogens is 2. The average molecular weight is 599 g/mol. The fourth-order valence-corrected chi connectivity index (χ4v) is 11.0. The van der Waals surface area contributed by atoms with Gasteiger partial charge in [0.05, 0.1) is 26.2 Å². The highest BCUT2D eigenvalue weighted by Gasteiger charge is 2.50. The molecule has 0 bridgehead atoms. The van der Waals surface area contributed by atoms with Gasteiger partial charge in [0.2, 0.25) is 5.75 Å². The van der Waals surface area contributed by atoms with Crippen LogP contribution in [0.2, 0.25) is 0 Å². The van der Waals surface area contributed by atoms with Gasteiger partial charge in [-0.15, -0.1) is 0 Å². The number of hydrogen-bond acceptors (Lipinski definition) is 5. The molecule has 4 rings (SSSR count). The fraction of sp³-hybridized carbons (Fsp3) is 0.469. The van der Waals surface area contributed by atoms with E-state index >= 15 is 0 Å². The van der Waals surface area contributed by atoms with E-state index in [-0.39, 0.29) is 23.5 Å². The van der Waals surface area contributed by atoms with Crippen molar-refractivity contribution in [3.05, 3.63) is 93.2 Å². The number of rotatable bonds is 9. The van der Waals surface area contributed by atoms with Crippen LogP contribution in [0.3, 0.4) is 0 Å². The first-order valence-electron chi connectivity index (χ1n) is 14.4. The van der Waals surface area contributed by atoms with Crippen molar-refractivity contribution in [2.45, 2.75) is 70.5 Å². The summed E-state index contributed by atoms with van der Waals surface area (Å²) in [6, 6.07) is -0.0926. The topological polar surface area (TPSA) is 84.7 Å². The summed E-state index contributed by atoms with van der Waals surface area (Å²) in [5.74, 6) is -0.334. The zero-order valence-corrected chi connectivity index (χ0v) is 26.0. The number of fused-ring (bicyclic) bond motifs is 1. The van der Waals surface area contributed by atoms with Gasteiger partial charge in [-0.2, -0.15) is 4.98 Å². The van der Waals surface area contributed by atoms with E-state index in [2.05, 4.69) is 48.9 Å². The Bertz CT molecular complexity index is 1380. The number of aromatic hydroxyl groups is 1. The first kappa shape index (κ1) is 31.2. The van der Waals surface area contributed by atoms with Crippen molar-refractivity contribution < 1.29 is 14.6 Å². The van der Waals surface area contributed by atoms with Gasteiger partial charge < -0.3 is 19.3 Å². The van der Waals surface area contributed by atoms with Gasteiger partial charge in [-0.3, -0.25) is 9.59 Å². The zero-order chi connectivity index (χ0) is 29.6. The summed E-state index contributed by atoms with van der Waals surface area (Å²) in [5, 5.41) is 11.2. The predicted octanol–water partition coefficient (Wildman–Crippen LogP) is 6.55. The molecule has 1 fully saturated rings. The minimum absolute atomic E-state index is 0.0232. The quantitative estimate of drug-likeness (QED) is 0.257. The molecule has 3 atom stereocenters. The van der Waals surface area contributed by atoms with E-state index < -0.39 is 18.6 Å². The van der Waals surface area contributed by atoms with Gasteiger partial charge in [-0.05, 0) is 56.8 Å². The van der Waals surface area contributed by atoms with Gasteiger partial charge in [0, 0.05) is 31.1 Å². The highest BCUT2D eigenvalue weighted by molar-refractivity contribution is 7.75. The minimum atomic E-state index is -1.95. The lowest BCUT2D eigenvalue weighted by Gasteiger charge is -2.39. The molecule has 1 amide bonds. The van der Waals surface area contributed by atoms with E-state index in [4.69, 9.17) is 16.3 Å². The van der Waals surface area contributed by atoms with E-state index in [0.29, 0.717) is 30.2 Å².